The molecule has 0 aromatic heterocycles. The van der Waals surface area contributed by atoms with E-state index >= 15 is 0 Å². The fourth-order valence-corrected chi connectivity index (χ4v) is 3.10. The molecule has 0 saturated carbocycles. The number of nitrogens with one attached hydrogen (secondary N) is 2. The van der Waals surface area contributed by atoms with E-state index in [1.165, 1.54) is 0 Å². The largest absolute Gasteiger partial charge is 0.497 e. The van der Waals surface area contributed by atoms with Crippen LogP contribution in [0.4, 0.5) is 16.2 Å². The lowest BCUT2D eigenvalue weighted by Crippen LogP contribution is -2.39. The highest BCUT2D eigenvalue weighted by Gasteiger charge is 2.31. The van der Waals surface area contributed by atoms with Gasteiger partial charge < -0.3 is 25.0 Å². The standard InChI is InChI=1S/C20H23N3O4/c1-13-7-8-18(27-3)17(9-13)22-20(25)21-14-10-19(24)23(12-14)15-5-4-6-16(11-15)26-2/h4-9,11,14H,10,12H2,1-3H3,(H2,21,22,25)/t14-/m1/s1. The van der Waals surface area contributed by atoms with E-state index in [9.17, 15) is 9.59 Å². The summed E-state index contributed by atoms with van der Waals surface area (Å²) in [4.78, 5) is 26.4. The van der Waals surface area contributed by atoms with Gasteiger partial charge in [0.05, 0.1) is 25.9 Å². The van der Waals surface area contributed by atoms with Gasteiger partial charge in [0.15, 0.2) is 0 Å². The Morgan fingerprint density at radius 3 is 2.70 bits per heavy atom. The number of ether oxygens (including phenoxy) is 2. The number of carbonyl (C=O) groups is 2. The third-order valence-electron chi connectivity index (χ3n) is 4.43. The molecule has 7 heteroatoms. The average molecular weight is 369 g/mol. The molecular formula is C20H23N3O4. The van der Waals surface area contributed by atoms with Crippen LogP contribution in [0.1, 0.15) is 12.0 Å². The molecule has 142 valence electrons. The first-order valence-corrected chi connectivity index (χ1v) is 8.66. The quantitative estimate of drug-likeness (QED) is 0.849. The summed E-state index contributed by atoms with van der Waals surface area (Å²) < 4.78 is 10.5. The van der Waals surface area contributed by atoms with Gasteiger partial charge in [-0.1, -0.05) is 12.1 Å². The first-order valence-electron chi connectivity index (χ1n) is 8.66. The first kappa shape index (κ1) is 18.6. The molecule has 3 rings (SSSR count). The van der Waals surface area contributed by atoms with Gasteiger partial charge in [-0.05, 0) is 36.8 Å². The molecule has 27 heavy (non-hydrogen) atoms. The minimum Gasteiger partial charge on any atom is -0.497 e. The predicted molar refractivity (Wildman–Crippen MR) is 104 cm³/mol. The maximum absolute atomic E-state index is 12.4. The Bertz CT molecular complexity index is 853. The monoisotopic (exact) mass is 369 g/mol. The van der Waals surface area contributed by atoms with E-state index in [2.05, 4.69) is 10.6 Å². The topological polar surface area (TPSA) is 79.9 Å². The molecule has 0 aliphatic carbocycles. The normalized spacial score (nSPS) is 16.2. The maximum atomic E-state index is 12.4. The second kappa shape index (κ2) is 7.99. The Morgan fingerprint density at radius 1 is 1.15 bits per heavy atom. The van der Waals surface area contributed by atoms with Crippen LogP contribution in [-0.4, -0.2) is 38.7 Å². The molecular weight excluding hydrogens is 346 g/mol. The average Bonchev–Trinajstić information content (AvgIpc) is 3.02. The van der Waals surface area contributed by atoms with Crippen molar-refractivity contribution in [2.45, 2.75) is 19.4 Å². The van der Waals surface area contributed by atoms with E-state index in [0.29, 0.717) is 23.7 Å². The first-order chi connectivity index (χ1) is 13.0. The molecule has 1 aliphatic rings. The van der Waals surface area contributed by atoms with Gasteiger partial charge >= 0.3 is 6.03 Å². The molecule has 1 atom stereocenters. The van der Waals surface area contributed by atoms with Crippen LogP contribution in [0, 0.1) is 6.92 Å². The van der Waals surface area contributed by atoms with E-state index < -0.39 is 0 Å². The van der Waals surface area contributed by atoms with E-state index in [0.717, 1.165) is 11.3 Å². The molecule has 0 unspecified atom stereocenters. The summed E-state index contributed by atoms with van der Waals surface area (Å²) in [6.45, 7) is 2.34. The van der Waals surface area contributed by atoms with Crippen LogP contribution in [0.25, 0.3) is 0 Å². The second-order valence-electron chi connectivity index (χ2n) is 6.41. The summed E-state index contributed by atoms with van der Waals surface area (Å²) in [5.41, 5.74) is 2.35. The molecule has 2 aromatic carbocycles. The fraction of sp³-hybridized carbons (Fsp3) is 0.300. The number of methoxy groups -OCH3 is 2. The van der Waals surface area contributed by atoms with Crippen LogP contribution < -0.4 is 25.0 Å². The number of hydrogen-bond acceptors (Lipinski definition) is 4. The molecule has 2 aromatic rings. The van der Waals surface area contributed by atoms with Crippen molar-refractivity contribution in [2.75, 3.05) is 31.0 Å². The summed E-state index contributed by atoms with van der Waals surface area (Å²) in [6, 6.07) is 12.2. The van der Waals surface area contributed by atoms with Gasteiger partial charge in [0.1, 0.15) is 11.5 Å². The van der Waals surface area contributed by atoms with Gasteiger partial charge in [-0.3, -0.25) is 4.79 Å². The SMILES string of the molecule is COc1cccc(N2C[C@H](NC(=O)Nc3cc(C)ccc3OC)CC2=O)c1. The minimum absolute atomic E-state index is 0.0401. The van der Waals surface area contributed by atoms with Gasteiger partial charge in [-0.15, -0.1) is 0 Å². The summed E-state index contributed by atoms with van der Waals surface area (Å²) >= 11 is 0. The molecule has 1 heterocycles. The lowest BCUT2D eigenvalue weighted by atomic mass is 10.2. The number of urea groups is 1. The van der Waals surface area contributed by atoms with Crippen LogP contribution in [0.2, 0.25) is 0 Å². The number of carbonyl (C=O) groups excluding carboxylic acids is 2. The van der Waals surface area contributed by atoms with Crippen LogP contribution in [0.15, 0.2) is 42.5 Å². The number of rotatable bonds is 5. The molecule has 1 aliphatic heterocycles. The van der Waals surface area contributed by atoms with Crippen LogP contribution in [-0.2, 0) is 4.79 Å². The van der Waals surface area contributed by atoms with E-state index in [4.69, 9.17) is 9.47 Å². The van der Waals surface area contributed by atoms with Crippen LogP contribution in [0.3, 0.4) is 0 Å². The lowest BCUT2D eigenvalue weighted by molar-refractivity contribution is -0.117. The van der Waals surface area contributed by atoms with Gasteiger partial charge in [0, 0.05) is 24.7 Å². The van der Waals surface area contributed by atoms with Crippen molar-refractivity contribution < 1.29 is 19.1 Å². The molecule has 1 fully saturated rings. The molecule has 3 amide bonds. The summed E-state index contributed by atoms with van der Waals surface area (Å²) in [6.07, 6.45) is 0.246. The Kier molecular flexibility index (Phi) is 5.49. The van der Waals surface area contributed by atoms with E-state index in [-0.39, 0.29) is 24.4 Å². The smallest absolute Gasteiger partial charge is 0.319 e. The third kappa shape index (κ3) is 4.31. The van der Waals surface area contributed by atoms with Crippen molar-refractivity contribution >= 4 is 23.3 Å². The zero-order valence-electron chi connectivity index (χ0n) is 15.6. The summed E-state index contributed by atoms with van der Waals surface area (Å²) in [5, 5.41) is 5.65. The molecule has 1 saturated heterocycles. The van der Waals surface area contributed by atoms with Crippen molar-refractivity contribution in [3.8, 4) is 11.5 Å². The van der Waals surface area contributed by atoms with E-state index in [1.807, 2.05) is 37.3 Å². The van der Waals surface area contributed by atoms with Crippen molar-refractivity contribution in [1.82, 2.24) is 5.32 Å². The molecule has 0 spiro atoms. The third-order valence-corrected chi connectivity index (χ3v) is 4.43. The molecule has 2 N–H and O–H groups in total. The fourth-order valence-electron chi connectivity index (χ4n) is 3.10. The van der Waals surface area contributed by atoms with Gasteiger partial charge in [0.2, 0.25) is 5.91 Å². The number of benzene rings is 2. The lowest BCUT2D eigenvalue weighted by Gasteiger charge is -2.18. The Balaban J connectivity index is 1.64. The second-order valence-corrected chi connectivity index (χ2v) is 6.41. The van der Waals surface area contributed by atoms with Crippen molar-refractivity contribution in [1.29, 1.82) is 0 Å². The number of nitrogens with zero attached hydrogens (tertiary/aromatic N) is 1. The Labute approximate surface area is 158 Å². The van der Waals surface area contributed by atoms with Crippen molar-refractivity contribution in [3.63, 3.8) is 0 Å². The molecule has 0 radical (unpaired) electrons. The van der Waals surface area contributed by atoms with Crippen LogP contribution >= 0.6 is 0 Å². The van der Waals surface area contributed by atoms with Gasteiger partial charge in [0.25, 0.3) is 0 Å². The number of amides is 3. The minimum atomic E-state index is -0.371. The molecule has 7 nitrogen and oxygen atoms in total. The number of aryl methyl sites for hydroxylation is 1. The Morgan fingerprint density at radius 2 is 1.96 bits per heavy atom. The highest BCUT2D eigenvalue weighted by atomic mass is 16.5. The van der Waals surface area contributed by atoms with Crippen LogP contribution in [0.5, 0.6) is 11.5 Å². The highest BCUT2D eigenvalue weighted by molar-refractivity contribution is 5.98. The maximum Gasteiger partial charge on any atom is 0.319 e. The zero-order valence-corrected chi connectivity index (χ0v) is 15.6. The Hall–Kier alpha value is -3.22. The highest BCUT2D eigenvalue weighted by Crippen LogP contribution is 2.27. The van der Waals surface area contributed by atoms with Crippen molar-refractivity contribution in [2.24, 2.45) is 0 Å². The van der Waals surface area contributed by atoms with Crippen molar-refractivity contribution in [3.05, 3.63) is 48.0 Å². The molecule has 0 bridgehead atoms. The number of anilines is 2. The van der Waals surface area contributed by atoms with Gasteiger partial charge in [-0.25, -0.2) is 4.79 Å². The summed E-state index contributed by atoms with van der Waals surface area (Å²) in [7, 11) is 3.13. The zero-order chi connectivity index (χ0) is 19.4. The van der Waals surface area contributed by atoms with Gasteiger partial charge in [-0.2, -0.15) is 0 Å². The number of hydrogen-bond donors (Lipinski definition) is 2. The predicted octanol–water partition coefficient (Wildman–Crippen LogP) is 2.94. The summed E-state index contributed by atoms with van der Waals surface area (Å²) in [5.74, 6) is 1.22. The van der Waals surface area contributed by atoms with E-state index in [1.54, 1.807) is 31.3 Å².